The summed E-state index contributed by atoms with van der Waals surface area (Å²) in [6, 6.07) is 2.54. The summed E-state index contributed by atoms with van der Waals surface area (Å²) >= 11 is 7.15. The highest BCUT2D eigenvalue weighted by Gasteiger charge is 2.32. The van der Waals surface area contributed by atoms with Crippen LogP contribution in [-0.4, -0.2) is 30.6 Å². The first kappa shape index (κ1) is 13.1. The lowest BCUT2D eigenvalue weighted by molar-refractivity contribution is 0.0606. The van der Waals surface area contributed by atoms with Gasteiger partial charge in [0.05, 0.1) is 19.6 Å². The Balaban J connectivity index is 2.20. The van der Waals surface area contributed by atoms with E-state index < -0.39 is 5.97 Å². The third-order valence-corrected chi connectivity index (χ3v) is 4.10. The van der Waals surface area contributed by atoms with Gasteiger partial charge in [0.15, 0.2) is 15.2 Å². The molecule has 1 aliphatic carbocycles. The lowest BCUT2D eigenvalue weighted by Gasteiger charge is -2.19. The second kappa shape index (κ2) is 5.55. The zero-order valence-corrected chi connectivity index (χ0v) is 11.4. The molecular formula is C11H12ClN3O2S. The van der Waals surface area contributed by atoms with Gasteiger partial charge < -0.3 is 9.64 Å². The number of carbonyl (C=O) groups is 1. The monoisotopic (exact) mass is 285 g/mol. The maximum absolute atomic E-state index is 11.5. The summed E-state index contributed by atoms with van der Waals surface area (Å²) in [4.78, 5) is 18.0. The molecule has 0 radical (unpaired) electrons. The fraction of sp³-hybridized carbons (Fsp3) is 0.545. The van der Waals surface area contributed by atoms with Gasteiger partial charge in [0.2, 0.25) is 0 Å². The lowest BCUT2D eigenvalue weighted by atomic mass is 10.4. The molecule has 2 rings (SSSR count). The summed E-state index contributed by atoms with van der Waals surface area (Å²) in [5, 5.41) is 9.52. The van der Waals surface area contributed by atoms with Crippen LogP contribution in [-0.2, 0) is 4.74 Å². The van der Waals surface area contributed by atoms with E-state index in [1.807, 2.05) is 4.90 Å². The largest absolute Gasteiger partial charge is 0.465 e. The van der Waals surface area contributed by atoms with E-state index >= 15 is 0 Å². The Morgan fingerprint density at radius 3 is 3.00 bits per heavy atom. The first-order chi connectivity index (χ1) is 8.67. The Bertz CT molecular complexity index is 493. The number of nitriles is 1. The molecule has 1 aromatic heterocycles. The number of halogens is 1. The minimum absolute atomic E-state index is 0.171. The van der Waals surface area contributed by atoms with E-state index in [1.54, 1.807) is 0 Å². The van der Waals surface area contributed by atoms with Gasteiger partial charge in [-0.15, -0.1) is 0 Å². The quantitative estimate of drug-likeness (QED) is 0.778. The van der Waals surface area contributed by atoms with Crippen molar-refractivity contribution in [3.05, 3.63) is 10.0 Å². The van der Waals surface area contributed by atoms with Crippen molar-refractivity contribution in [2.75, 3.05) is 18.6 Å². The van der Waals surface area contributed by atoms with Crippen LogP contribution in [0.15, 0.2) is 0 Å². The molecule has 0 unspecified atom stereocenters. The van der Waals surface area contributed by atoms with Crippen molar-refractivity contribution >= 4 is 34.0 Å². The summed E-state index contributed by atoms with van der Waals surface area (Å²) in [5.74, 6) is -0.472. The molecule has 96 valence electrons. The first-order valence-electron chi connectivity index (χ1n) is 5.55. The molecule has 0 amide bonds. The number of hydrogen-bond donors (Lipinski definition) is 0. The molecule has 0 atom stereocenters. The second-order valence-electron chi connectivity index (χ2n) is 3.94. The zero-order valence-electron chi connectivity index (χ0n) is 9.85. The predicted octanol–water partition coefficient (Wildman–Crippen LogP) is 2.47. The Kier molecular flexibility index (Phi) is 4.04. The predicted molar refractivity (Wildman–Crippen MR) is 69.1 cm³/mol. The highest BCUT2D eigenvalue weighted by atomic mass is 35.5. The SMILES string of the molecule is COC(=O)c1sc(N(CCC#N)C2CC2)nc1Cl. The number of nitrogens with zero attached hydrogens (tertiary/aromatic N) is 3. The summed E-state index contributed by atoms with van der Waals surface area (Å²) in [6.07, 6.45) is 2.62. The number of esters is 1. The number of anilines is 1. The maximum Gasteiger partial charge on any atom is 0.351 e. The lowest BCUT2D eigenvalue weighted by Crippen LogP contribution is -2.26. The maximum atomic E-state index is 11.5. The topological polar surface area (TPSA) is 66.2 Å². The average Bonchev–Trinajstić information content (AvgIpc) is 3.12. The van der Waals surface area contributed by atoms with E-state index in [0.717, 1.165) is 12.8 Å². The summed E-state index contributed by atoms with van der Waals surface area (Å²) in [6.45, 7) is 0.617. The number of hydrogen-bond acceptors (Lipinski definition) is 6. The Morgan fingerprint density at radius 2 is 2.44 bits per heavy atom. The smallest absolute Gasteiger partial charge is 0.351 e. The minimum Gasteiger partial charge on any atom is -0.465 e. The van der Waals surface area contributed by atoms with Crippen LogP contribution in [0.4, 0.5) is 5.13 Å². The molecule has 0 aliphatic heterocycles. The van der Waals surface area contributed by atoms with Crippen molar-refractivity contribution in [3.8, 4) is 6.07 Å². The summed E-state index contributed by atoms with van der Waals surface area (Å²) in [5.41, 5.74) is 0. The summed E-state index contributed by atoms with van der Waals surface area (Å²) < 4.78 is 4.64. The van der Waals surface area contributed by atoms with Gasteiger partial charge in [0.25, 0.3) is 0 Å². The van der Waals surface area contributed by atoms with E-state index in [-0.39, 0.29) is 5.15 Å². The molecule has 1 heterocycles. The molecule has 0 spiro atoms. The van der Waals surface area contributed by atoms with Crippen LogP contribution in [0, 0.1) is 11.3 Å². The number of methoxy groups -OCH3 is 1. The molecule has 1 fully saturated rings. The van der Waals surface area contributed by atoms with E-state index in [9.17, 15) is 4.79 Å². The van der Waals surface area contributed by atoms with Crippen LogP contribution < -0.4 is 4.90 Å². The van der Waals surface area contributed by atoms with Crippen LogP contribution in [0.2, 0.25) is 5.15 Å². The third-order valence-electron chi connectivity index (χ3n) is 2.64. The van der Waals surface area contributed by atoms with Crippen molar-refractivity contribution < 1.29 is 9.53 Å². The van der Waals surface area contributed by atoms with Crippen molar-refractivity contribution in [1.29, 1.82) is 5.26 Å². The number of carbonyl (C=O) groups excluding carboxylic acids is 1. The van der Waals surface area contributed by atoms with Gasteiger partial charge in [0, 0.05) is 12.6 Å². The molecule has 18 heavy (non-hydrogen) atoms. The van der Waals surface area contributed by atoms with E-state index in [0.29, 0.717) is 29.0 Å². The van der Waals surface area contributed by atoms with E-state index in [4.69, 9.17) is 16.9 Å². The molecule has 0 N–H and O–H groups in total. The van der Waals surface area contributed by atoms with Gasteiger partial charge in [-0.05, 0) is 12.8 Å². The minimum atomic E-state index is -0.472. The van der Waals surface area contributed by atoms with Crippen molar-refractivity contribution in [2.24, 2.45) is 0 Å². The Hall–Kier alpha value is -1.32. The van der Waals surface area contributed by atoms with Crippen molar-refractivity contribution in [2.45, 2.75) is 25.3 Å². The Morgan fingerprint density at radius 1 is 1.72 bits per heavy atom. The molecule has 1 saturated carbocycles. The van der Waals surface area contributed by atoms with Gasteiger partial charge in [-0.25, -0.2) is 9.78 Å². The second-order valence-corrected chi connectivity index (χ2v) is 5.28. The number of aromatic nitrogens is 1. The molecular weight excluding hydrogens is 274 g/mol. The summed E-state index contributed by atoms with van der Waals surface area (Å²) in [7, 11) is 1.31. The van der Waals surface area contributed by atoms with E-state index in [1.165, 1.54) is 18.4 Å². The number of thiazole rings is 1. The van der Waals surface area contributed by atoms with Gasteiger partial charge >= 0.3 is 5.97 Å². The van der Waals surface area contributed by atoms with Gasteiger partial charge in [-0.2, -0.15) is 5.26 Å². The number of ether oxygens (including phenoxy) is 1. The number of rotatable bonds is 5. The molecule has 7 heteroatoms. The zero-order chi connectivity index (χ0) is 13.1. The molecule has 1 aromatic rings. The highest BCUT2D eigenvalue weighted by Crippen LogP contribution is 2.37. The third kappa shape index (κ3) is 2.74. The van der Waals surface area contributed by atoms with Crippen LogP contribution in [0.3, 0.4) is 0 Å². The molecule has 0 aromatic carbocycles. The van der Waals surface area contributed by atoms with Crippen LogP contribution in [0.25, 0.3) is 0 Å². The van der Waals surface area contributed by atoms with E-state index in [2.05, 4.69) is 15.8 Å². The van der Waals surface area contributed by atoms with Crippen LogP contribution >= 0.6 is 22.9 Å². The highest BCUT2D eigenvalue weighted by molar-refractivity contribution is 7.18. The fourth-order valence-corrected chi connectivity index (χ4v) is 2.92. The van der Waals surface area contributed by atoms with Crippen molar-refractivity contribution in [3.63, 3.8) is 0 Å². The van der Waals surface area contributed by atoms with Crippen molar-refractivity contribution in [1.82, 2.24) is 4.98 Å². The fourth-order valence-electron chi connectivity index (χ4n) is 1.62. The van der Waals surface area contributed by atoms with Gasteiger partial charge in [-0.3, -0.25) is 0 Å². The molecule has 1 aliphatic rings. The molecule has 5 nitrogen and oxygen atoms in total. The molecule has 0 bridgehead atoms. The van der Waals surface area contributed by atoms with Gasteiger partial charge in [-0.1, -0.05) is 22.9 Å². The Labute approximate surface area is 114 Å². The average molecular weight is 286 g/mol. The van der Waals surface area contributed by atoms with Gasteiger partial charge in [0.1, 0.15) is 0 Å². The molecule has 0 saturated heterocycles. The first-order valence-corrected chi connectivity index (χ1v) is 6.75. The normalized spacial score (nSPS) is 14.1. The van der Waals surface area contributed by atoms with Crippen LogP contribution in [0.1, 0.15) is 28.9 Å². The standard InChI is InChI=1S/C11H12ClN3O2S/c1-17-10(16)8-9(12)14-11(18-8)15(6-2-5-13)7-3-4-7/h7H,2-4,6H2,1H3. The van der Waals surface area contributed by atoms with Crippen LogP contribution in [0.5, 0.6) is 0 Å².